The molecule has 15 radical (unpaired) electrons. The zero-order chi connectivity index (χ0) is 6.24. The fraction of sp³-hybridized carbons (Fsp3) is 0.154. The van der Waals surface area contributed by atoms with E-state index in [0.29, 0.717) is 0 Å². The fourth-order valence-corrected chi connectivity index (χ4v) is 0.385. The molecule has 0 atom stereocenters. The zero-order valence-electron chi connectivity index (χ0n) is 19.1. The van der Waals surface area contributed by atoms with Crippen molar-refractivity contribution in [2.75, 3.05) is 0 Å². The van der Waals surface area contributed by atoms with E-state index in [1.165, 1.54) is 0 Å². The maximum Gasteiger partial charge on any atom is 0 e. The second-order valence-corrected chi connectivity index (χ2v) is 1.15. The van der Waals surface area contributed by atoms with Crippen molar-refractivity contribution in [1.29, 1.82) is 0 Å². The molecule has 129 valence electrons. The summed E-state index contributed by atoms with van der Waals surface area (Å²) in [5.74, 6) is 0. The van der Waals surface area contributed by atoms with E-state index in [2.05, 4.69) is 0 Å². The third kappa shape index (κ3) is 146. The first kappa shape index (κ1) is 154. The van der Waals surface area contributed by atoms with Gasteiger partial charge in [-0.3, -0.25) is 0 Å². The average molecular weight is 1520 g/mol. The van der Waals surface area contributed by atoms with E-state index >= 15 is 0 Å². The zero-order valence-corrected chi connectivity index (χ0v) is 61.7. The van der Waals surface area contributed by atoms with Crippen LogP contribution in [0.5, 0.6) is 0 Å². The molecule has 0 saturated heterocycles. The monoisotopic (exact) mass is 1520 g/mol. The minimum Gasteiger partial charge on any atom is -0.358 e. The van der Waals surface area contributed by atoms with Crippen molar-refractivity contribution in [3.63, 3.8) is 0 Å². The summed E-state index contributed by atoms with van der Waals surface area (Å²) in [4.78, 5) is 0. The number of hydrogen-bond acceptors (Lipinski definition) is 0. The van der Waals surface area contributed by atoms with Crippen LogP contribution in [0.25, 0.3) is 0 Å². The summed E-state index contributed by atoms with van der Waals surface area (Å²) < 4.78 is 0. The number of benzene rings is 1. The molecule has 0 nitrogen and oxygen atoms in total. The Kier molecular flexibility index (Phi) is 868. The maximum absolute atomic E-state index is 2.00. The van der Waals surface area contributed by atoms with Crippen LogP contribution in [0.4, 0.5) is 0 Å². The molecule has 0 aliphatic rings. The first-order valence-corrected chi connectivity index (χ1v) is 3.00. The van der Waals surface area contributed by atoms with Crippen LogP contribution in [-0.2, 0) is 491 Å². The Bertz CT molecular complexity index is 99.9. The molecule has 0 heterocycles. The standard InChI is InChI=1S/C6H6.C2H6.5CH3.15Y/c1-2-4-6-5-3-1;1-2;;;;;;;;;;;;;;;;;;;;/h1-6H;1-2H3;5*1H3;;;;;;;;;;;;;;;/q;;5*-1;;;;;;;;;;;;;;;. The molecule has 0 aliphatic carbocycles. The largest absolute Gasteiger partial charge is 0.358 e. The van der Waals surface area contributed by atoms with Crippen LogP contribution in [0, 0.1) is 37.1 Å². The summed E-state index contributed by atoms with van der Waals surface area (Å²) in [7, 11) is 0. The molecule has 0 spiro atoms. The predicted molar refractivity (Wildman–Crippen MR) is 69.9 cm³/mol. The molecule has 0 bridgehead atoms. The first-order valence-electron chi connectivity index (χ1n) is 3.00. The van der Waals surface area contributed by atoms with E-state index in [1.807, 2.05) is 50.2 Å². The van der Waals surface area contributed by atoms with Crippen LogP contribution in [0.15, 0.2) is 36.4 Å². The molecule has 0 aliphatic heterocycles. The molecule has 0 fully saturated rings. The van der Waals surface area contributed by atoms with Crippen LogP contribution in [-0.4, -0.2) is 0 Å². The fourth-order valence-electron chi connectivity index (χ4n) is 0.385. The van der Waals surface area contributed by atoms with E-state index in [-0.39, 0.29) is 528 Å². The summed E-state index contributed by atoms with van der Waals surface area (Å²) >= 11 is 0. The van der Waals surface area contributed by atoms with Gasteiger partial charge >= 0.3 is 0 Å². The third-order valence-electron chi connectivity index (χ3n) is 0.667. The van der Waals surface area contributed by atoms with Gasteiger partial charge in [-0.25, -0.2) is 0 Å². The Hall–Kier alpha value is 15.8. The summed E-state index contributed by atoms with van der Waals surface area (Å²) in [6.45, 7) is 4.00. The Morgan fingerprint density at radius 3 is 0.286 bits per heavy atom. The van der Waals surface area contributed by atoms with Gasteiger partial charge in [-0.1, -0.05) is 50.2 Å². The van der Waals surface area contributed by atoms with Gasteiger partial charge in [0, 0.05) is 491 Å². The number of hydrogen-bond donors (Lipinski definition) is 0. The molecule has 0 saturated carbocycles. The summed E-state index contributed by atoms with van der Waals surface area (Å²) in [6, 6.07) is 12.0. The van der Waals surface area contributed by atoms with E-state index in [0.717, 1.165) is 0 Å². The van der Waals surface area contributed by atoms with E-state index in [4.69, 9.17) is 0 Å². The van der Waals surface area contributed by atoms with E-state index in [1.54, 1.807) is 0 Å². The molecule has 0 aromatic heterocycles. The molecule has 0 unspecified atom stereocenters. The Morgan fingerprint density at radius 2 is 0.250 bits per heavy atom. The smallest absolute Gasteiger partial charge is 0 e. The van der Waals surface area contributed by atoms with Gasteiger partial charge in [-0.2, -0.15) is 0 Å². The minimum absolute atomic E-state index is 0. The van der Waals surface area contributed by atoms with Gasteiger partial charge in [0.2, 0.25) is 0 Å². The van der Waals surface area contributed by atoms with Gasteiger partial charge in [-0.05, 0) is 0 Å². The van der Waals surface area contributed by atoms with Gasteiger partial charge < -0.3 is 37.1 Å². The molecule has 28 heavy (non-hydrogen) atoms. The average Bonchev–Trinajstić information content (AvgIpc) is 1.96. The molecule has 0 N–H and O–H groups in total. The van der Waals surface area contributed by atoms with Crippen LogP contribution < -0.4 is 0 Å². The Morgan fingerprint density at radius 1 is 0.214 bits per heavy atom. The van der Waals surface area contributed by atoms with Gasteiger partial charge in [0.1, 0.15) is 0 Å². The summed E-state index contributed by atoms with van der Waals surface area (Å²) in [5, 5.41) is 0. The topological polar surface area (TPSA) is 0 Å². The normalized spacial score (nSPS) is 1.93. The molecule has 1 aromatic carbocycles. The van der Waals surface area contributed by atoms with Crippen molar-refractivity contribution in [2.24, 2.45) is 0 Å². The second-order valence-electron chi connectivity index (χ2n) is 1.15. The van der Waals surface area contributed by atoms with Gasteiger partial charge in [0.15, 0.2) is 0 Å². The molecule has 1 aromatic rings. The van der Waals surface area contributed by atoms with Gasteiger partial charge in [0.25, 0.3) is 0 Å². The van der Waals surface area contributed by atoms with Crippen molar-refractivity contribution in [3.05, 3.63) is 73.5 Å². The molecular formula is C13H27Y15-5. The predicted octanol–water partition coefficient (Wildman–Crippen LogP) is 4.93. The number of rotatable bonds is 0. The molecule has 0 amide bonds. The SMILES string of the molecule is CC.[CH3-].[CH3-].[CH3-].[CH3-].[CH3-].[Y].[Y].[Y].[Y].[Y].[Y].[Y].[Y].[Y].[Y].[Y].[Y].[Y].[Y].[Y].c1ccccc1. The Balaban J connectivity index is -0.00000000115. The second kappa shape index (κ2) is 157. The van der Waals surface area contributed by atoms with E-state index < -0.39 is 0 Å². The first-order chi connectivity index (χ1) is 4.00. The van der Waals surface area contributed by atoms with Crippen molar-refractivity contribution < 1.29 is 491 Å². The van der Waals surface area contributed by atoms with Crippen molar-refractivity contribution in [1.82, 2.24) is 0 Å². The molecular weight excluding hydrogens is 1490 g/mol. The van der Waals surface area contributed by atoms with Crippen LogP contribution in [0.2, 0.25) is 0 Å². The quantitative estimate of drug-likeness (QED) is 0.324. The summed E-state index contributed by atoms with van der Waals surface area (Å²) in [6.07, 6.45) is 0. The van der Waals surface area contributed by atoms with Gasteiger partial charge in [0.05, 0.1) is 0 Å². The third-order valence-corrected chi connectivity index (χ3v) is 0.667. The maximum atomic E-state index is 2.00. The van der Waals surface area contributed by atoms with Crippen molar-refractivity contribution in [3.8, 4) is 0 Å². The minimum atomic E-state index is 0. The van der Waals surface area contributed by atoms with Crippen LogP contribution >= 0.6 is 0 Å². The van der Waals surface area contributed by atoms with Crippen molar-refractivity contribution >= 4 is 0 Å². The Labute approximate surface area is 559 Å². The molecule has 15 heteroatoms. The summed E-state index contributed by atoms with van der Waals surface area (Å²) in [5.41, 5.74) is 0. The van der Waals surface area contributed by atoms with Crippen LogP contribution in [0.1, 0.15) is 13.8 Å². The van der Waals surface area contributed by atoms with Gasteiger partial charge in [-0.15, -0.1) is 0 Å². The van der Waals surface area contributed by atoms with E-state index in [9.17, 15) is 0 Å². The molecule has 1 rings (SSSR count). The van der Waals surface area contributed by atoms with Crippen LogP contribution in [0.3, 0.4) is 0 Å². The van der Waals surface area contributed by atoms with Crippen molar-refractivity contribution in [2.45, 2.75) is 13.8 Å².